The van der Waals surface area contributed by atoms with E-state index in [0.29, 0.717) is 22.6 Å². The molecule has 8 rings (SSSR count). The Balaban J connectivity index is 1.24. The zero-order valence-electron chi connectivity index (χ0n) is 30.5. The van der Waals surface area contributed by atoms with Crippen LogP contribution in [0, 0.1) is 10.1 Å². The Hall–Kier alpha value is -7.50. The van der Waals surface area contributed by atoms with Crippen LogP contribution in [0.15, 0.2) is 149 Å². The molecule has 0 spiro atoms. The molecule has 7 aromatic carbocycles. The highest BCUT2D eigenvalue weighted by atomic mass is 32.2. The molecule has 0 aliphatic carbocycles. The lowest BCUT2D eigenvalue weighted by atomic mass is 9.92. The lowest BCUT2D eigenvalue weighted by molar-refractivity contribution is -0.385. The van der Waals surface area contributed by atoms with Crippen LogP contribution in [0.3, 0.4) is 0 Å². The SMILES string of the molecule is O=C1COc2ccc3ccccc3c2-c2c(ccc3ccccc23)OCC(=O)Nc2cccc(c2)NS(=O)(=O)c2cc([N+](=O)[O-])cc(c2)S(=O)(=O)Nc2cccc(c2)N1. The molecule has 0 saturated carbocycles. The number of rotatable bonds is 1. The van der Waals surface area contributed by atoms with Crippen molar-refractivity contribution in [2.45, 2.75) is 9.79 Å². The van der Waals surface area contributed by atoms with E-state index in [1.165, 1.54) is 48.5 Å². The molecule has 6 bridgehead atoms. The topological polar surface area (TPSA) is 212 Å². The van der Waals surface area contributed by atoms with E-state index in [2.05, 4.69) is 20.1 Å². The van der Waals surface area contributed by atoms with E-state index < -0.39 is 65.5 Å². The van der Waals surface area contributed by atoms with E-state index in [1.807, 2.05) is 60.7 Å². The van der Waals surface area contributed by atoms with E-state index in [9.17, 15) is 36.5 Å². The van der Waals surface area contributed by atoms with Gasteiger partial charge in [-0.2, -0.15) is 0 Å². The van der Waals surface area contributed by atoms with Crippen LogP contribution in [0.5, 0.6) is 11.5 Å². The minimum absolute atomic E-state index is 0.0394. The fraction of sp³-hybridized carbons (Fsp3) is 0.0476. The van der Waals surface area contributed by atoms with Crippen LogP contribution in [-0.2, 0) is 29.6 Å². The number of sulfonamides is 2. The smallest absolute Gasteiger partial charge is 0.272 e. The molecule has 0 atom stereocenters. The third kappa shape index (κ3) is 8.18. The maximum absolute atomic E-state index is 13.6. The van der Waals surface area contributed by atoms with Gasteiger partial charge in [0.15, 0.2) is 13.2 Å². The summed E-state index contributed by atoms with van der Waals surface area (Å²) in [6.45, 7) is -0.939. The van der Waals surface area contributed by atoms with Gasteiger partial charge >= 0.3 is 0 Å². The van der Waals surface area contributed by atoms with E-state index in [0.717, 1.165) is 39.7 Å². The Bertz CT molecular complexity index is 2890. The summed E-state index contributed by atoms with van der Waals surface area (Å²) in [5.41, 5.74) is 0.684. The first-order valence-electron chi connectivity index (χ1n) is 17.8. The molecule has 296 valence electrons. The number of ether oxygens (including phenoxy) is 2. The largest absolute Gasteiger partial charge is 0.483 e. The number of nitrogens with zero attached hydrogens (tertiary/aromatic N) is 1. The van der Waals surface area contributed by atoms with Gasteiger partial charge in [0, 0.05) is 34.6 Å². The van der Waals surface area contributed by atoms with Gasteiger partial charge in [-0.05, 0) is 76.1 Å². The van der Waals surface area contributed by atoms with E-state index in [4.69, 9.17) is 9.47 Å². The summed E-state index contributed by atoms with van der Waals surface area (Å²) in [4.78, 5) is 36.3. The number of benzene rings is 7. The van der Waals surface area contributed by atoms with Crippen molar-refractivity contribution in [1.29, 1.82) is 0 Å². The molecule has 0 aromatic heterocycles. The fourth-order valence-corrected chi connectivity index (χ4v) is 8.96. The molecule has 4 N–H and O–H groups in total. The highest BCUT2D eigenvalue weighted by Crippen LogP contribution is 2.45. The maximum Gasteiger partial charge on any atom is 0.272 e. The molecule has 0 fully saturated rings. The number of anilines is 4. The number of carbonyl (C=O) groups is 2. The molecule has 0 saturated heterocycles. The molecule has 7 aromatic rings. The van der Waals surface area contributed by atoms with Crippen molar-refractivity contribution < 1.29 is 40.8 Å². The number of nitrogens with one attached hydrogen (secondary N) is 4. The molecule has 59 heavy (non-hydrogen) atoms. The summed E-state index contributed by atoms with van der Waals surface area (Å²) < 4.78 is 71.4. The van der Waals surface area contributed by atoms with Gasteiger partial charge in [-0.25, -0.2) is 16.8 Å². The number of nitro groups is 1. The van der Waals surface area contributed by atoms with E-state index in [1.54, 1.807) is 12.1 Å². The van der Waals surface area contributed by atoms with Gasteiger partial charge in [0.05, 0.1) is 26.1 Å². The Labute approximate surface area is 336 Å². The van der Waals surface area contributed by atoms with Crippen molar-refractivity contribution in [2.24, 2.45) is 0 Å². The number of carbonyl (C=O) groups excluding carboxylic acids is 2. The molecular weight excluding hydrogens is 799 g/mol. The molecule has 17 heteroatoms. The fourth-order valence-electron chi connectivity index (χ4n) is 6.66. The van der Waals surface area contributed by atoms with Crippen molar-refractivity contribution >= 4 is 81.8 Å². The van der Waals surface area contributed by atoms with Crippen LogP contribution < -0.4 is 29.6 Å². The second kappa shape index (κ2) is 15.4. The summed E-state index contributed by atoms with van der Waals surface area (Å²) in [6, 6.07) is 36.0. The number of fused-ring (bicyclic) bond motifs is 13. The second-order valence-electron chi connectivity index (χ2n) is 13.3. The standard InChI is InChI=1S/C42H31N5O10S2/c48-39-24-56-37-17-15-26-7-1-3-13-35(26)41(37)42-36-14-4-2-8-27(36)16-18-38(42)57-25-40(49)44-29-10-6-12-31(20-29)46-59(54,55)34-22-32(47(50)51)21-33(23-34)58(52,53)45-30-11-5-9-28(19-30)43-39/h1-23,45-46H,24-25H2,(H,43,48)(H,44,49). The summed E-state index contributed by atoms with van der Waals surface area (Å²) in [5.74, 6) is -0.505. The Morgan fingerprint density at radius 1 is 0.508 bits per heavy atom. The van der Waals surface area contributed by atoms with Crippen LogP contribution >= 0.6 is 0 Å². The van der Waals surface area contributed by atoms with Crippen LogP contribution in [0.4, 0.5) is 28.4 Å². The maximum atomic E-state index is 13.6. The third-order valence-electron chi connectivity index (χ3n) is 9.24. The average Bonchev–Trinajstić information content (AvgIpc) is 3.21. The summed E-state index contributed by atoms with van der Waals surface area (Å²) >= 11 is 0. The first-order chi connectivity index (χ1) is 28.3. The number of hydrogen-bond acceptors (Lipinski definition) is 10. The number of hydrogen-bond donors (Lipinski definition) is 4. The Kier molecular flexibility index (Phi) is 10.0. The van der Waals surface area contributed by atoms with Crippen molar-refractivity contribution in [3.05, 3.63) is 150 Å². The second-order valence-corrected chi connectivity index (χ2v) is 16.7. The van der Waals surface area contributed by atoms with Gasteiger partial charge in [-0.1, -0.05) is 72.8 Å². The number of non-ortho nitro benzene ring substituents is 1. The Morgan fingerprint density at radius 3 is 1.37 bits per heavy atom. The quantitative estimate of drug-likeness (QED) is 0.0944. The Morgan fingerprint density at radius 2 is 0.932 bits per heavy atom. The van der Waals surface area contributed by atoms with Gasteiger partial charge in [-0.3, -0.25) is 29.1 Å². The predicted octanol–water partition coefficient (Wildman–Crippen LogP) is 7.52. The van der Waals surface area contributed by atoms with Crippen molar-refractivity contribution in [3.63, 3.8) is 0 Å². The average molecular weight is 830 g/mol. The zero-order chi connectivity index (χ0) is 41.3. The summed E-state index contributed by atoms with van der Waals surface area (Å²) in [5, 5.41) is 20.5. The highest BCUT2D eigenvalue weighted by molar-refractivity contribution is 7.93. The van der Waals surface area contributed by atoms with E-state index >= 15 is 0 Å². The molecule has 0 unspecified atom stereocenters. The molecular formula is C42H31N5O10S2. The van der Waals surface area contributed by atoms with Crippen molar-refractivity contribution in [2.75, 3.05) is 33.3 Å². The molecule has 15 nitrogen and oxygen atoms in total. The molecule has 0 radical (unpaired) electrons. The van der Waals surface area contributed by atoms with Crippen LogP contribution in [-0.4, -0.2) is 46.8 Å². The minimum Gasteiger partial charge on any atom is -0.483 e. The number of nitro benzene ring substituents is 1. The van der Waals surface area contributed by atoms with Gasteiger partial charge in [0.1, 0.15) is 11.5 Å². The van der Waals surface area contributed by atoms with E-state index in [-0.39, 0.29) is 22.7 Å². The zero-order valence-corrected chi connectivity index (χ0v) is 32.2. The van der Waals surface area contributed by atoms with Crippen molar-refractivity contribution in [1.82, 2.24) is 0 Å². The first-order valence-corrected chi connectivity index (χ1v) is 20.7. The molecule has 1 heterocycles. The van der Waals surface area contributed by atoms with Gasteiger partial charge in [0.25, 0.3) is 37.5 Å². The van der Waals surface area contributed by atoms with Crippen LogP contribution in [0.2, 0.25) is 0 Å². The summed E-state index contributed by atoms with van der Waals surface area (Å²) in [6.07, 6.45) is 0. The number of amides is 2. The minimum atomic E-state index is -4.64. The van der Waals surface area contributed by atoms with Gasteiger partial charge in [-0.15, -0.1) is 0 Å². The monoisotopic (exact) mass is 829 g/mol. The first kappa shape index (κ1) is 38.4. The normalized spacial score (nSPS) is 15.2. The van der Waals surface area contributed by atoms with Gasteiger partial charge < -0.3 is 20.1 Å². The lowest BCUT2D eigenvalue weighted by Crippen LogP contribution is -2.21. The highest BCUT2D eigenvalue weighted by Gasteiger charge is 2.26. The van der Waals surface area contributed by atoms with Gasteiger partial charge in [0.2, 0.25) is 0 Å². The molecule has 2 amide bonds. The lowest BCUT2D eigenvalue weighted by Gasteiger charge is -2.19. The molecule has 1 aliphatic rings. The van der Waals surface area contributed by atoms with Crippen molar-refractivity contribution in [3.8, 4) is 22.6 Å². The predicted molar refractivity (Wildman–Crippen MR) is 223 cm³/mol. The van der Waals surface area contributed by atoms with Crippen LogP contribution in [0.1, 0.15) is 0 Å². The molecule has 1 aliphatic heterocycles. The summed E-state index contributed by atoms with van der Waals surface area (Å²) in [7, 11) is -9.29. The van der Waals surface area contributed by atoms with Crippen LogP contribution in [0.25, 0.3) is 32.7 Å². The third-order valence-corrected chi connectivity index (χ3v) is 12.0.